The van der Waals surface area contributed by atoms with Gasteiger partial charge in [-0.2, -0.15) is 0 Å². The van der Waals surface area contributed by atoms with Gasteiger partial charge in [-0.25, -0.2) is 14.2 Å². The standard InChI is InChI=1S/C19H24FN3O2/c1-19(2,3)25-18(24)23-10-8-13(9-11-23)16-12-21-17(22-16)14-4-6-15(20)7-5-14/h4-7,13H,8-12H2,1-3H3. The van der Waals surface area contributed by atoms with Gasteiger partial charge in [-0.05, 0) is 57.9 Å². The van der Waals surface area contributed by atoms with Crippen LogP contribution in [-0.2, 0) is 4.74 Å². The number of hydrogen-bond donors (Lipinski definition) is 0. The molecule has 1 fully saturated rings. The number of benzene rings is 1. The number of nitrogens with zero attached hydrogens (tertiary/aromatic N) is 3. The number of rotatable bonds is 2. The summed E-state index contributed by atoms with van der Waals surface area (Å²) in [7, 11) is 0. The first-order chi connectivity index (χ1) is 11.8. The molecule has 134 valence electrons. The van der Waals surface area contributed by atoms with Crippen molar-refractivity contribution in [1.82, 2.24) is 4.90 Å². The van der Waals surface area contributed by atoms with Crippen LogP contribution in [0.5, 0.6) is 0 Å². The first-order valence-corrected chi connectivity index (χ1v) is 8.67. The molecule has 0 aliphatic carbocycles. The summed E-state index contributed by atoms with van der Waals surface area (Å²) in [6.45, 7) is 7.55. The summed E-state index contributed by atoms with van der Waals surface area (Å²) < 4.78 is 18.5. The third-order valence-electron chi connectivity index (χ3n) is 4.36. The third-order valence-corrected chi connectivity index (χ3v) is 4.36. The number of halogens is 1. The summed E-state index contributed by atoms with van der Waals surface area (Å²) in [6, 6.07) is 6.24. The highest BCUT2D eigenvalue weighted by Crippen LogP contribution is 2.23. The number of amidine groups is 1. The summed E-state index contributed by atoms with van der Waals surface area (Å²) in [5.74, 6) is 0.742. The molecule has 0 radical (unpaired) electrons. The van der Waals surface area contributed by atoms with E-state index in [9.17, 15) is 9.18 Å². The Bertz CT molecular complexity index is 696. The molecule has 0 aromatic heterocycles. The van der Waals surface area contributed by atoms with Gasteiger partial charge < -0.3 is 9.64 Å². The number of carbonyl (C=O) groups is 1. The van der Waals surface area contributed by atoms with Crippen LogP contribution in [0.2, 0.25) is 0 Å². The number of amides is 1. The second-order valence-electron chi connectivity index (χ2n) is 7.49. The first kappa shape index (κ1) is 17.6. The van der Waals surface area contributed by atoms with Crippen LogP contribution in [0.4, 0.5) is 9.18 Å². The summed E-state index contributed by atoms with van der Waals surface area (Å²) in [5.41, 5.74) is 1.42. The number of hydrogen-bond acceptors (Lipinski definition) is 4. The smallest absolute Gasteiger partial charge is 0.410 e. The Balaban J connectivity index is 1.56. The molecule has 1 aromatic carbocycles. The molecule has 0 atom stereocenters. The molecular weight excluding hydrogens is 321 g/mol. The van der Waals surface area contributed by atoms with Crippen LogP contribution in [0.3, 0.4) is 0 Å². The minimum Gasteiger partial charge on any atom is -0.444 e. The lowest BCUT2D eigenvalue weighted by molar-refractivity contribution is 0.0201. The number of ether oxygens (including phenoxy) is 1. The van der Waals surface area contributed by atoms with Gasteiger partial charge in [0.1, 0.15) is 11.4 Å². The maximum Gasteiger partial charge on any atom is 0.410 e. The van der Waals surface area contributed by atoms with Crippen molar-refractivity contribution in [3.05, 3.63) is 35.6 Å². The van der Waals surface area contributed by atoms with Gasteiger partial charge in [-0.3, -0.25) is 4.99 Å². The third kappa shape index (κ3) is 4.44. The molecule has 25 heavy (non-hydrogen) atoms. The SMILES string of the molecule is CC(C)(C)OC(=O)N1CCC(C2=NC(c3ccc(F)cc3)=NC2)CC1. The molecule has 5 nitrogen and oxygen atoms in total. The topological polar surface area (TPSA) is 54.3 Å². The number of aliphatic imine (C=N–C) groups is 2. The predicted molar refractivity (Wildman–Crippen MR) is 95.8 cm³/mol. The molecular formula is C19H24FN3O2. The molecule has 0 unspecified atom stereocenters. The molecule has 0 N–H and O–H groups in total. The van der Waals surface area contributed by atoms with Gasteiger partial charge in [0.2, 0.25) is 0 Å². The van der Waals surface area contributed by atoms with Crippen LogP contribution in [0.25, 0.3) is 0 Å². The quantitative estimate of drug-likeness (QED) is 0.821. The Hall–Kier alpha value is -2.24. The van der Waals surface area contributed by atoms with E-state index in [2.05, 4.69) is 9.98 Å². The van der Waals surface area contributed by atoms with E-state index in [1.165, 1.54) is 12.1 Å². The highest BCUT2D eigenvalue weighted by molar-refractivity contribution is 6.12. The van der Waals surface area contributed by atoms with Gasteiger partial charge in [-0.1, -0.05) is 0 Å². The van der Waals surface area contributed by atoms with E-state index in [4.69, 9.17) is 4.74 Å². The Morgan fingerprint density at radius 2 is 1.84 bits per heavy atom. The van der Waals surface area contributed by atoms with E-state index in [1.807, 2.05) is 20.8 Å². The Labute approximate surface area is 147 Å². The summed E-state index contributed by atoms with van der Waals surface area (Å²) in [5, 5.41) is 0. The monoisotopic (exact) mass is 345 g/mol. The maximum absolute atomic E-state index is 13.0. The van der Waals surface area contributed by atoms with Crippen LogP contribution in [0, 0.1) is 11.7 Å². The van der Waals surface area contributed by atoms with Crippen molar-refractivity contribution in [1.29, 1.82) is 0 Å². The normalized spacial score (nSPS) is 18.8. The lowest BCUT2D eigenvalue weighted by Crippen LogP contribution is -2.43. The summed E-state index contributed by atoms with van der Waals surface area (Å²) in [6.07, 6.45) is 1.48. The average Bonchev–Trinajstić information content (AvgIpc) is 3.04. The van der Waals surface area contributed by atoms with Crippen molar-refractivity contribution in [2.24, 2.45) is 15.9 Å². The Morgan fingerprint density at radius 3 is 2.44 bits per heavy atom. The van der Waals surface area contributed by atoms with Crippen LogP contribution >= 0.6 is 0 Å². The van der Waals surface area contributed by atoms with Crippen LogP contribution in [0.15, 0.2) is 34.3 Å². The van der Waals surface area contributed by atoms with Crippen molar-refractivity contribution in [3.63, 3.8) is 0 Å². The van der Waals surface area contributed by atoms with Crippen molar-refractivity contribution >= 4 is 17.6 Å². The molecule has 1 aromatic rings. The fraction of sp³-hybridized carbons (Fsp3) is 0.526. The predicted octanol–water partition coefficient (Wildman–Crippen LogP) is 3.67. The average molecular weight is 345 g/mol. The van der Waals surface area contributed by atoms with Gasteiger partial charge in [0.15, 0.2) is 5.84 Å². The minimum absolute atomic E-state index is 0.248. The zero-order chi connectivity index (χ0) is 18.0. The van der Waals surface area contributed by atoms with E-state index in [-0.39, 0.29) is 11.9 Å². The lowest BCUT2D eigenvalue weighted by Gasteiger charge is -2.33. The number of piperidine rings is 1. The van der Waals surface area contributed by atoms with Gasteiger partial charge in [0, 0.05) is 30.3 Å². The van der Waals surface area contributed by atoms with Crippen molar-refractivity contribution in [2.45, 2.75) is 39.2 Å². The Kier molecular flexibility index (Phi) is 4.88. The fourth-order valence-corrected chi connectivity index (χ4v) is 3.06. The van der Waals surface area contributed by atoms with Gasteiger partial charge in [-0.15, -0.1) is 0 Å². The highest BCUT2D eigenvalue weighted by Gasteiger charge is 2.30. The molecule has 2 heterocycles. The van der Waals surface area contributed by atoms with Crippen LogP contribution in [0.1, 0.15) is 39.2 Å². The number of likely N-dealkylation sites (tertiary alicyclic amines) is 1. The summed E-state index contributed by atoms with van der Waals surface area (Å²) in [4.78, 5) is 23.0. The highest BCUT2D eigenvalue weighted by atomic mass is 19.1. The zero-order valence-corrected chi connectivity index (χ0v) is 15.0. The molecule has 0 spiro atoms. The molecule has 2 aliphatic heterocycles. The van der Waals surface area contributed by atoms with E-state index < -0.39 is 5.60 Å². The molecule has 3 rings (SSSR count). The van der Waals surface area contributed by atoms with E-state index in [0.29, 0.717) is 31.4 Å². The summed E-state index contributed by atoms with van der Waals surface area (Å²) >= 11 is 0. The minimum atomic E-state index is -0.471. The van der Waals surface area contributed by atoms with Gasteiger partial charge >= 0.3 is 6.09 Å². The molecule has 1 amide bonds. The molecule has 1 saturated heterocycles. The largest absolute Gasteiger partial charge is 0.444 e. The van der Waals surface area contributed by atoms with E-state index >= 15 is 0 Å². The maximum atomic E-state index is 13.0. The molecule has 0 bridgehead atoms. The first-order valence-electron chi connectivity index (χ1n) is 8.67. The van der Waals surface area contributed by atoms with E-state index in [0.717, 1.165) is 24.1 Å². The zero-order valence-electron chi connectivity index (χ0n) is 15.0. The second kappa shape index (κ2) is 6.94. The van der Waals surface area contributed by atoms with Crippen LogP contribution < -0.4 is 0 Å². The molecule has 0 saturated carbocycles. The van der Waals surface area contributed by atoms with E-state index in [1.54, 1.807) is 17.0 Å². The molecule has 6 heteroatoms. The lowest BCUT2D eigenvalue weighted by atomic mass is 9.92. The molecule has 2 aliphatic rings. The van der Waals surface area contributed by atoms with Gasteiger partial charge in [0.05, 0.1) is 6.54 Å². The van der Waals surface area contributed by atoms with Crippen molar-refractivity contribution < 1.29 is 13.9 Å². The number of carbonyl (C=O) groups excluding carboxylic acids is 1. The van der Waals surface area contributed by atoms with Gasteiger partial charge in [0.25, 0.3) is 0 Å². The van der Waals surface area contributed by atoms with Crippen molar-refractivity contribution in [3.8, 4) is 0 Å². The second-order valence-corrected chi connectivity index (χ2v) is 7.49. The fourth-order valence-electron chi connectivity index (χ4n) is 3.06. The Morgan fingerprint density at radius 1 is 1.20 bits per heavy atom. The van der Waals surface area contributed by atoms with Crippen molar-refractivity contribution in [2.75, 3.05) is 19.6 Å². The van der Waals surface area contributed by atoms with Crippen LogP contribution in [-0.4, -0.2) is 47.8 Å².